The van der Waals surface area contributed by atoms with Crippen LogP contribution in [0.1, 0.15) is 23.5 Å². The summed E-state index contributed by atoms with van der Waals surface area (Å²) in [5, 5.41) is 0. The van der Waals surface area contributed by atoms with Crippen molar-refractivity contribution in [2.45, 2.75) is 12.3 Å². The van der Waals surface area contributed by atoms with Crippen molar-refractivity contribution in [2.24, 2.45) is 0 Å². The molecule has 1 aliphatic carbocycles. The van der Waals surface area contributed by atoms with E-state index in [0.717, 1.165) is 40.5 Å². The molecule has 0 aromatic heterocycles. The van der Waals surface area contributed by atoms with Crippen LogP contribution in [0.3, 0.4) is 0 Å². The number of rotatable bonds is 7. The van der Waals surface area contributed by atoms with Gasteiger partial charge >= 0.3 is 0 Å². The van der Waals surface area contributed by atoms with E-state index in [4.69, 9.17) is 18.9 Å². The normalized spacial score (nSPS) is 12.9. The van der Waals surface area contributed by atoms with Crippen LogP contribution in [-0.4, -0.2) is 28.4 Å². The van der Waals surface area contributed by atoms with E-state index in [1.54, 1.807) is 28.4 Å². The summed E-state index contributed by atoms with van der Waals surface area (Å²) in [6.07, 6.45) is 7.51. The second-order valence-corrected chi connectivity index (χ2v) is 6.07. The van der Waals surface area contributed by atoms with Crippen molar-refractivity contribution in [2.75, 3.05) is 28.4 Å². The quantitative estimate of drug-likeness (QED) is 0.721. The standard InChI is InChI=1S/C22H24O4/c1-23-18-9-16(10-19(13-18)24-2)22(15-7-5-6-8-15)17-11-20(25-3)14-21(12-17)26-4/h5,7-14,22H,6H2,1-4H3. The summed E-state index contributed by atoms with van der Waals surface area (Å²) >= 11 is 0. The third kappa shape index (κ3) is 3.69. The average molecular weight is 352 g/mol. The zero-order valence-corrected chi connectivity index (χ0v) is 15.6. The number of allylic oxidation sites excluding steroid dienone is 4. The van der Waals surface area contributed by atoms with E-state index >= 15 is 0 Å². The molecule has 0 amide bonds. The lowest BCUT2D eigenvalue weighted by atomic mass is 9.84. The summed E-state index contributed by atoms with van der Waals surface area (Å²) < 4.78 is 21.9. The number of ether oxygens (including phenoxy) is 4. The maximum Gasteiger partial charge on any atom is 0.122 e. The van der Waals surface area contributed by atoms with Crippen LogP contribution in [0.4, 0.5) is 0 Å². The maximum absolute atomic E-state index is 5.47. The molecule has 26 heavy (non-hydrogen) atoms. The van der Waals surface area contributed by atoms with Crippen LogP contribution in [0.15, 0.2) is 60.2 Å². The highest BCUT2D eigenvalue weighted by atomic mass is 16.5. The van der Waals surface area contributed by atoms with Gasteiger partial charge in [-0.05, 0) is 47.4 Å². The lowest BCUT2D eigenvalue weighted by Crippen LogP contribution is -2.05. The van der Waals surface area contributed by atoms with Crippen molar-refractivity contribution in [1.82, 2.24) is 0 Å². The Kier molecular flexibility index (Phi) is 5.52. The highest BCUT2D eigenvalue weighted by Crippen LogP contribution is 2.40. The molecule has 136 valence electrons. The van der Waals surface area contributed by atoms with Gasteiger partial charge in [-0.25, -0.2) is 0 Å². The smallest absolute Gasteiger partial charge is 0.122 e. The first-order valence-corrected chi connectivity index (χ1v) is 8.51. The molecule has 0 fully saturated rings. The molecular formula is C22H24O4. The fraction of sp³-hybridized carbons (Fsp3) is 0.273. The van der Waals surface area contributed by atoms with Crippen LogP contribution in [-0.2, 0) is 0 Å². The first-order chi connectivity index (χ1) is 12.7. The summed E-state index contributed by atoms with van der Waals surface area (Å²) in [5.41, 5.74) is 3.42. The molecule has 0 N–H and O–H groups in total. The van der Waals surface area contributed by atoms with Gasteiger partial charge in [-0.2, -0.15) is 0 Å². The van der Waals surface area contributed by atoms with E-state index in [1.165, 1.54) is 5.57 Å². The molecule has 0 saturated heterocycles. The van der Waals surface area contributed by atoms with Crippen molar-refractivity contribution >= 4 is 0 Å². The first-order valence-electron chi connectivity index (χ1n) is 8.51. The maximum atomic E-state index is 5.47. The molecule has 3 rings (SSSR count). The van der Waals surface area contributed by atoms with Crippen molar-refractivity contribution in [3.8, 4) is 23.0 Å². The monoisotopic (exact) mass is 352 g/mol. The Bertz CT molecular complexity index is 736. The molecule has 0 atom stereocenters. The molecule has 2 aromatic carbocycles. The number of hydrogen-bond donors (Lipinski definition) is 0. The van der Waals surface area contributed by atoms with Gasteiger partial charge < -0.3 is 18.9 Å². The van der Waals surface area contributed by atoms with Crippen LogP contribution in [0.5, 0.6) is 23.0 Å². The topological polar surface area (TPSA) is 36.9 Å². The van der Waals surface area contributed by atoms with Gasteiger partial charge in [0.15, 0.2) is 0 Å². The fourth-order valence-electron chi connectivity index (χ4n) is 3.26. The highest BCUT2D eigenvalue weighted by Gasteiger charge is 2.22. The Morgan fingerprint density at radius 1 is 0.654 bits per heavy atom. The Morgan fingerprint density at radius 3 is 1.38 bits per heavy atom. The third-order valence-electron chi connectivity index (χ3n) is 4.55. The van der Waals surface area contributed by atoms with Crippen molar-refractivity contribution in [3.63, 3.8) is 0 Å². The van der Waals surface area contributed by atoms with Gasteiger partial charge in [-0.3, -0.25) is 0 Å². The lowest BCUT2D eigenvalue weighted by molar-refractivity contribution is 0.392. The van der Waals surface area contributed by atoms with Crippen LogP contribution in [0.25, 0.3) is 0 Å². The number of benzene rings is 2. The van der Waals surface area contributed by atoms with Crippen LogP contribution >= 0.6 is 0 Å². The van der Waals surface area contributed by atoms with Crippen molar-refractivity contribution in [3.05, 3.63) is 71.3 Å². The molecule has 0 unspecified atom stereocenters. The summed E-state index contributed by atoms with van der Waals surface area (Å²) in [5.74, 6) is 3.09. The van der Waals surface area contributed by atoms with E-state index in [2.05, 4.69) is 18.2 Å². The molecule has 4 nitrogen and oxygen atoms in total. The predicted molar refractivity (Wildman–Crippen MR) is 103 cm³/mol. The second-order valence-electron chi connectivity index (χ2n) is 6.07. The average Bonchev–Trinajstić information content (AvgIpc) is 3.21. The minimum absolute atomic E-state index is 0.0294. The molecule has 0 saturated carbocycles. The van der Waals surface area contributed by atoms with E-state index in [-0.39, 0.29) is 5.92 Å². The van der Waals surface area contributed by atoms with Gasteiger partial charge in [0.1, 0.15) is 23.0 Å². The van der Waals surface area contributed by atoms with Gasteiger partial charge in [0.25, 0.3) is 0 Å². The predicted octanol–water partition coefficient (Wildman–Crippen LogP) is 4.74. The molecule has 1 aliphatic rings. The highest BCUT2D eigenvalue weighted by molar-refractivity contribution is 5.54. The Labute approximate surface area is 154 Å². The first kappa shape index (κ1) is 17.9. The van der Waals surface area contributed by atoms with Gasteiger partial charge in [0, 0.05) is 18.1 Å². The van der Waals surface area contributed by atoms with Crippen molar-refractivity contribution in [1.29, 1.82) is 0 Å². The Morgan fingerprint density at radius 2 is 1.08 bits per heavy atom. The minimum Gasteiger partial charge on any atom is -0.497 e. The number of hydrogen-bond acceptors (Lipinski definition) is 4. The molecule has 0 aliphatic heterocycles. The third-order valence-corrected chi connectivity index (χ3v) is 4.55. The molecule has 4 heteroatoms. The SMILES string of the molecule is COc1cc(OC)cc(C(C2=CCC=C2)c2cc(OC)cc(OC)c2)c1. The fourth-order valence-corrected chi connectivity index (χ4v) is 3.26. The Balaban J connectivity index is 2.17. The molecule has 0 radical (unpaired) electrons. The summed E-state index contributed by atoms with van der Waals surface area (Å²) in [4.78, 5) is 0. The van der Waals surface area contributed by atoms with Gasteiger partial charge in [-0.15, -0.1) is 0 Å². The van der Waals surface area contributed by atoms with Gasteiger partial charge in [-0.1, -0.05) is 18.2 Å². The zero-order valence-electron chi connectivity index (χ0n) is 15.6. The summed E-state index contributed by atoms with van der Waals surface area (Å²) in [6, 6.07) is 12.0. The van der Waals surface area contributed by atoms with E-state index < -0.39 is 0 Å². The number of methoxy groups -OCH3 is 4. The Hall–Kier alpha value is -2.88. The second kappa shape index (κ2) is 8.00. The van der Waals surface area contributed by atoms with Gasteiger partial charge in [0.2, 0.25) is 0 Å². The van der Waals surface area contributed by atoms with Crippen LogP contribution in [0, 0.1) is 0 Å². The van der Waals surface area contributed by atoms with Crippen molar-refractivity contribution < 1.29 is 18.9 Å². The van der Waals surface area contributed by atoms with Crippen LogP contribution in [0.2, 0.25) is 0 Å². The summed E-state index contributed by atoms with van der Waals surface area (Å²) in [6.45, 7) is 0. The molecular weight excluding hydrogens is 328 g/mol. The summed E-state index contributed by atoms with van der Waals surface area (Å²) in [7, 11) is 6.65. The van der Waals surface area contributed by atoms with E-state index in [0.29, 0.717) is 0 Å². The van der Waals surface area contributed by atoms with E-state index in [1.807, 2.05) is 36.4 Å². The minimum atomic E-state index is 0.0294. The molecule has 0 spiro atoms. The molecule has 0 bridgehead atoms. The lowest BCUT2D eigenvalue weighted by Gasteiger charge is -2.21. The largest absolute Gasteiger partial charge is 0.497 e. The molecule has 0 heterocycles. The van der Waals surface area contributed by atoms with Gasteiger partial charge in [0.05, 0.1) is 28.4 Å². The van der Waals surface area contributed by atoms with Crippen LogP contribution < -0.4 is 18.9 Å². The molecule has 2 aromatic rings. The zero-order chi connectivity index (χ0) is 18.5. The van der Waals surface area contributed by atoms with E-state index in [9.17, 15) is 0 Å².